The van der Waals surface area contributed by atoms with Crippen LogP contribution in [0.2, 0.25) is 0 Å². The predicted octanol–water partition coefficient (Wildman–Crippen LogP) is 4.99. The normalized spacial score (nSPS) is 11.6. The molecule has 0 amide bonds. The third kappa shape index (κ3) is 4.09. The van der Waals surface area contributed by atoms with Crippen molar-refractivity contribution < 1.29 is 0 Å². The standard InChI is InChI=1S/C32H20N12/c1-5-21-13-22(6-1)30-18-42(38-34-30)26-10-4-12-28(16-26)44-20-32(36-40-44)24-8-2-7-23(14-24)31-19-43(39-35-31)27-11-3-9-25(15-27)41-17-29(21)33-37-41/h1-20H. The number of aromatic nitrogens is 12. The molecule has 0 aliphatic carbocycles. The van der Waals surface area contributed by atoms with E-state index >= 15 is 0 Å². The summed E-state index contributed by atoms with van der Waals surface area (Å²) in [4.78, 5) is 0. The van der Waals surface area contributed by atoms with Crippen molar-refractivity contribution in [2.45, 2.75) is 0 Å². The molecule has 5 heterocycles. The summed E-state index contributed by atoms with van der Waals surface area (Å²) in [5.41, 5.74) is 10.0. The van der Waals surface area contributed by atoms with Crippen molar-refractivity contribution in [2.24, 2.45) is 0 Å². The Morgan fingerprint density at radius 1 is 0.318 bits per heavy atom. The predicted molar refractivity (Wildman–Crippen MR) is 161 cm³/mol. The topological polar surface area (TPSA) is 123 Å². The van der Waals surface area contributed by atoms with Crippen LogP contribution >= 0.6 is 0 Å². The number of fused-ring (bicyclic) bond motifs is 24. The minimum atomic E-state index is 0.738. The fourth-order valence-corrected chi connectivity index (χ4v) is 5.32. The van der Waals surface area contributed by atoms with Gasteiger partial charge in [-0.25, -0.2) is 18.7 Å². The van der Waals surface area contributed by atoms with Crippen molar-refractivity contribution in [1.82, 2.24) is 60.0 Å². The van der Waals surface area contributed by atoms with Crippen molar-refractivity contribution in [3.05, 3.63) is 122 Å². The van der Waals surface area contributed by atoms with Crippen LogP contribution in [0.1, 0.15) is 0 Å². The smallest absolute Gasteiger partial charge is 0.113 e. The minimum Gasteiger partial charge on any atom is -0.220 e. The second kappa shape index (κ2) is 9.49. The van der Waals surface area contributed by atoms with E-state index in [1.54, 1.807) is 18.7 Å². The van der Waals surface area contributed by atoms with Gasteiger partial charge in [-0.1, -0.05) is 69.4 Å². The lowest BCUT2D eigenvalue weighted by Crippen LogP contribution is -1.99. The Kier molecular flexibility index (Phi) is 5.19. The quantitative estimate of drug-likeness (QED) is 0.249. The number of benzene rings is 4. The summed E-state index contributed by atoms with van der Waals surface area (Å²) in [6.07, 6.45) is 7.63. The maximum atomic E-state index is 4.46. The molecule has 0 N–H and O–H groups in total. The molecule has 4 aromatic heterocycles. The Balaban J connectivity index is 1.21. The van der Waals surface area contributed by atoms with Crippen LogP contribution in [-0.4, -0.2) is 60.0 Å². The maximum Gasteiger partial charge on any atom is 0.113 e. The van der Waals surface area contributed by atoms with Crippen LogP contribution in [0, 0.1) is 0 Å². The van der Waals surface area contributed by atoms with Crippen LogP contribution in [0.5, 0.6) is 0 Å². The number of hydrogen-bond donors (Lipinski definition) is 0. The van der Waals surface area contributed by atoms with Crippen molar-refractivity contribution in [3.8, 4) is 67.8 Å². The molecule has 208 valence electrons. The number of rotatable bonds is 0. The first-order valence-electron chi connectivity index (χ1n) is 13.9. The summed E-state index contributed by atoms with van der Waals surface area (Å²) in [6, 6.07) is 31.9. The van der Waals surface area contributed by atoms with Gasteiger partial charge in [-0.15, -0.1) is 20.4 Å². The Hall–Kier alpha value is -6.56. The lowest BCUT2D eigenvalue weighted by Gasteiger charge is -2.05. The van der Waals surface area contributed by atoms with Gasteiger partial charge in [0.2, 0.25) is 0 Å². The summed E-state index contributed by atoms with van der Waals surface area (Å²) in [5, 5.41) is 35.5. The average Bonchev–Trinajstić information content (AvgIpc) is 3.92. The fourth-order valence-electron chi connectivity index (χ4n) is 5.32. The van der Waals surface area contributed by atoms with Gasteiger partial charge < -0.3 is 0 Å². The summed E-state index contributed by atoms with van der Waals surface area (Å²) in [5.74, 6) is 0. The van der Waals surface area contributed by atoms with Crippen molar-refractivity contribution >= 4 is 0 Å². The van der Waals surface area contributed by atoms with Crippen LogP contribution in [0.3, 0.4) is 0 Å². The second-order valence-corrected chi connectivity index (χ2v) is 10.4. The lowest BCUT2D eigenvalue weighted by molar-refractivity contribution is 0.786. The van der Waals surface area contributed by atoms with Gasteiger partial charge in [0.1, 0.15) is 22.8 Å². The van der Waals surface area contributed by atoms with Gasteiger partial charge in [0.25, 0.3) is 0 Å². The zero-order valence-electron chi connectivity index (χ0n) is 22.9. The van der Waals surface area contributed by atoms with E-state index in [-0.39, 0.29) is 0 Å². The molecule has 0 atom stereocenters. The molecule has 44 heavy (non-hydrogen) atoms. The Morgan fingerprint density at radius 3 is 0.886 bits per heavy atom. The SMILES string of the molecule is c1cc2cc(c1)-c1cn(nn1)-c1cccc(c1)-n1cc(nn1)-c1cccc(c1)-c1cn(nn1)-c1cccc(c1)-n1cc-2nn1. The molecule has 0 saturated carbocycles. The van der Waals surface area contributed by atoms with E-state index in [4.69, 9.17) is 0 Å². The highest BCUT2D eigenvalue weighted by atomic mass is 15.4. The van der Waals surface area contributed by atoms with Crippen LogP contribution in [0.15, 0.2) is 122 Å². The molecular formula is C32H20N12. The Bertz CT molecular complexity index is 1860. The zero-order valence-corrected chi connectivity index (χ0v) is 22.9. The fraction of sp³-hybridized carbons (Fsp3) is 0. The molecule has 8 aromatic rings. The van der Waals surface area contributed by atoms with E-state index in [1.165, 1.54) is 0 Å². The molecule has 4 aromatic carbocycles. The number of hydrogen-bond acceptors (Lipinski definition) is 8. The molecule has 0 unspecified atom stereocenters. The summed E-state index contributed by atoms with van der Waals surface area (Å²) < 4.78 is 7.01. The molecule has 9 rings (SSSR count). The first kappa shape index (κ1) is 24.1. The van der Waals surface area contributed by atoms with E-state index in [0.29, 0.717) is 0 Å². The highest BCUT2D eigenvalue weighted by molar-refractivity contribution is 5.70. The van der Waals surface area contributed by atoms with E-state index in [1.807, 2.05) is 122 Å². The van der Waals surface area contributed by atoms with Gasteiger partial charge in [0, 0.05) is 22.3 Å². The van der Waals surface area contributed by atoms with E-state index in [0.717, 1.165) is 67.8 Å². The van der Waals surface area contributed by atoms with Crippen molar-refractivity contribution in [1.29, 1.82) is 0 Å². The van der Waals surface area contributed by atoms with E-state index in [2.05, 4.69) is 41.2 Å². The third-order valence-corrected chi connectivity index (χ3v) is 7.60. The largest absolute Gasteiger partial charge is 0.220 e. The summed E-state index contributed by atoms with van der Waals surface area (Å²) in [6.45, 7) is 0. The summed E-state index contributed by atoms with van der Waals surface area (Å²) in [7, 11) is 0. The lowest BCUT2D eigenvalue weighted by atomic mass is 10.1. The second-order valence-electron chi connectivity index (χ2n) is 10.4. The van der Waals surface area contributed by atoms with Gasteiger partial charge in [0.15, 0.2) is 0 Å². The van der Waals surface area contributed by atoms with Crippen LogP contribution < -0.4 is 0 Å². The molecule has 1 aliphatic heterocycles. The maximum absolute atomic E-state index is 4.46. The molecular weight excluding hydrogens is 552 g/mol. The Morgan fingerprint density at radius 2 is 0.591 bits per heavy atom. The molecule has 0 spiro atoms. The van der Waals surface area contributed by atoms with Crippen LogP contribution in [0.4, 0.5) is 0 Å². The van der Waals surface area contributed by atoms with Crippen LogP contribution in [0.25, 0.3) is 67.8 Å². The third-order valence-electron chi connectivity index (χ3n) is 7.60. The van der Waals surface area contributed by atoms with Gasteiger partial charge >= 0.3 is 0 Å². The average molecular weight is 573 g/mol. The number of nitrogens with zero attached hydrogens (tertiary/aromatic N) is 12. The molecule has 0 radical (unpaired) electrons. The highest BCUT2D eigenvalue weighted by Crippen LogP contribution is 2.28. The molecule has 12 nitrogen and oxygen atoms in total. The van der Waals surface area contributed by atoms with Crippen molar-refractivity contribution in [3.63, 3.8) is 0 Å². The van der Waals surface area contributed by atoms with E-state index < -0.39 is 0 Å². The van der Waals surface area contributed by atoms with E-state index in [9.17, 15) is 0 Å². The molecule has 1 aliphatic rings. The van der Waals surface area contributed by atoms with Crippen LogP contribution in [-0.2, 0) is 0 Å². The Labute approximate surface area is 249 Å². The molecule has 12 heteroatoms. The molecule has 0 fully saturated rings. The first-order chi connectivity index (χ1) is 21.7. The van der Waals surface area contributed by atoms with Gasteiger partial charge in [-0.3, -0.25) is 0 Å². The minimum absolute atomic E-state index is 0.738. The molecule has 16 bridgehead atoms. The van der Waals surface area contributed by atoms with Gasteiger partial charge in [0.05, 0.1) is 47.5 Å². The highest BCUT2D eigenvalue weighted by Gasteiger charge is 2.14. The summed E-state index contributed by atoms with van der Waals surface area (Å²) >= 11 is 0. The van der Waals surface area contributed by atoms with Crippen molar-refractivity contribution in [2.75, 3.05) is 0 Å². The zero-order chi connectivity index (χ0) is 29.0. The van der Waals surface area contributed by atoms with Gasteiger partial charge in [-0.2, -0.15) is 0 Å². The van der Waals surface area contributed by atoms with Gasteiger partial charge in [-0.05, 0) is 48.5 Å². The first-order valence-corrected chi connectivity index (χ1v) is 13.9. The monoisotopic (exact) mass is 572 g/mol. The molecule has 0 saturated heterocycles.